The molecule has 0 saturated carbocycles. The zero-order valence-electron chi connectivity index (χ0n) is 10.4. The summed E-state index contributed by atoms with van der Waals surface area (Å²) in [4.78, 5) is 5.49. The van der Waals surface area contributed by atoms with Gasteiger partial charge in [0.1, 0.15) is 0 Å². The largest absolute Gasteiger partial charge is 0.390 e. The van der Waals surface area contributed by atoms with Crippen LogP contribution in [0.1, 0.15) is 25.5 Å². The summed E-state index contributed by atoms with van der Waals surface area (Å²) in [6, 6.07) is 0. The average Bonchev–Trinajstić information content (AvgIpc) is 2.71. The molecule has 2 N–H and O–H groups in total. The number of H-pyrrole nitrogens is 1. The smallest absolute Gasteiger partial charge is 0.177 e. The Labute approximate surface area is 107 Å². The van der Waals surface area contributed by atoms with E-state index in [2.05, 4.69) is 16.8 Å². The molecule has 1 saturated heterocycles. The van der Waals surface area contributed by atoms with Crippen molar-refractivity contribution in [1.29, 1.82) is 0 Å². The zero-order chi connectivity index (χ0) is 12.3. The van der Waals surface area contributed by atoms with Gasteiger partial charge in [-0.1, -0.05) is 6.92 Å². The van der Waals surface area contributed by atoms with Crippen molar-refractivity contribution in [2.45, 2.75) is 32.9 Å². The first-order valence-electron chi connectivity index (χ1n) is 6.35. The van der Waals surface area contributed by atoms with E-state index in [1.807, 2.05) is 10.8 Å². The Morgan fingerprint density at radius 3 is 2.76 bits per heavy atom. The zero-order valence-corrected chi connectivity index (χ0v) is 11.2. The SMILES string of the molecule is CCN1CCC(Cn2c(CO)c[nH]c2=S)CC1. The van der Waals surface area contributed by atoms with Gasteiger partial charge in [0.15, 0.2) is 4.77 Å². The van der Waals surface area contributed by atoms with E-state index in [-0.39, 0.29) is 6.61 Å². The lowest BCUT2D eigenvalue weighted by molar-refractivity contribution is 0.177. The second-order valence-electron chi connectivity index (χ2n) is 4.73. The summed E-state index contributed by atoms with van der Waals surface area (Å²) in [5.74, 6) is 0.686. The molecule has 2 heterocycles. The monoisotopic (exact) mass is 255 g/mol. The number of hydrogen-bond acceptors (Lipinski definition) is 3. The normalized spacial score (nSPS) is 18.7. The maximum atomic E-state index is 9.25. The Bertz CT molecular complexity index is 404. The Balaban J connectivity index is 1.97. The molecule has 1 aliphatic heterocycles. The predicted octanol–water partition coefficient (Wildman–Crippen LogP) is 1.77. The molecule has 0 aromatic carbocycles. The first-order valence-corrected chi connectivity index (χ1v) is 6.75. The van der Waals surface area contributed by atoms with Crippen LogP contribution in [0.2, 0.25) is 0 Å². The molecular weight excluding hydrogens is 234 g/mol. The molecule has 1 aromatic rings. The van der Waals surface area contributed by atoms with Crippen LogP contribution in [0.4, 0.5) is 0 Å². The number of rotatable bonds is 4. The number of hydrogen-bond donors (Lipinski definition) is 2. The van der Waals surface area contributed by atoms with Crippen LogP contribution in [0.15, 0.2) is 6.20 Å². The van der Waals surface area contributed by atoms with Gasteiger partial charge in [-0.25, -0.2) is 0 Å². The van der Waals surface area contributed by atoms with E-state index in [1.54, 1.807) is 0 Å². The molecule has 1 fully saturated rings. The number of likely N-dealkylation sites (tertiary alicyclic amines) is 1. The topological polar surface area (TPSA) is 44.2 Å². The Morgan fingerprint density at radius 1 is 1.47 bits per heavy atom. The highest BCUT2D eigenvalue weighted by Crippen LogP contribution is 2.20. The summed E-state index contributed by atoms with van der Waals surface area (Å²) >= 11 is 5.24. The van der Waals surface area contributed by atoms with E-state index in [0.717, 1.165) is 23.6 Å². The molecule has 0 amide bonds. The van der Waals surface area contributed by atoms with Crippen molar-refractivity contribution in [2.24, 2.45) is 5.92 Å². The molecule has 1 aliphatic rings. The lowest BCUT2D eigenvalue weighted by atomic mass is 9.97. The van der Waals surface area contributed by atoms with E-state index in [9.17, 15) is 5.11 Å². The van der Waals surface area contributed by atoms with Gasteiger partial charge in [-0.05, 0) is 50.6 Å². The second kappa shape index (κ2) is 5.80. The molecule has 2 rings (SSSR count). The van der Waals surface area contributed by atoms with Crippen LogP contribution in [0.25, 0.3) is 0 Å². The number of aliphatic hydroxyl groups is 1. The molecule has 1 aromatic heterocycles. The molecule has 5 heteroatoms. The summed E-state index contributed by atoms with van der Waals surface area (Å²) in [5.41, 5.74) is 0.896. The van der Waals surface area contributed by atoms with Crippen LogP contribution in [0.3, 0.4) is 0 Å². The lowest BCUT2D eigenvalue weighted by Crippen LogP contribution is -2.34. The average molecular weight is 255 g/mol. The number of piperidine rings is 1. The standard InChI is InChI=1S/C12H21N3OS/c1-2-14-5-3-10(4-6-14)8-15-11(9-16)7-13-12(15)17/h7,10,16H,2-6,8-9H2,1H3,(H,13,17). The fourth-order valence-electron chi connectivity index (χ4n) is 2.51. The van der Waals surface area contributed by atoms with Crippen LogP contribution < -0.4 is 0 Å². The third-order valence-corrected chi connectivity index (χ3v) is 4.05. The van der Waals surface area contributed by atoms with Gasteiger partial charge in [-0.3, -0.25) is 0 Å². The van der Waals surface area contributed by atoms with Gasteiger partial charge in [0, 0.05) is 12.7 Å². The molecule has 0 bridgehead atoms. The van der Waals surface area contributed by atoms with E-state index in [1.165, 1.54) is 25.9 Å². The van der Waals surface area contributed by atoms with E-state index in [4.69, 9.17) is 12.2 Å². The van der Waals surface area contributed by atoms with Gasteiger partial charge < -0.3 is 19.6 Å². The minimum absolute atomic E-state index is 0.0565. The summed E-state index contributed by atoms with van der Waals surface area (Å²) < 4.78 is 2.77. The van der Waals surface area contributed by atoms with Crippen LogP contribution in [-0.2, 0) is 13.2 Å². The molecule has 17 heavy (non-hydrogen) atoms. The number of nitrogens with zero attached hydrogens (tertiary/aromatic N) is 2. The van der Waals surface area contributed by atoms with Crippen LogP contribution in [0.5, 0.6) is 0 Å². The summed E-state index contributed by atoms with van der Waals surface area (Å²) in [6.07, 6.45) is 4.26. The molecule has 0 radical (unpaired) electrons. The van der Waals surface area contributed by atoms with Crippen molar-refractivity contribution in [1.82, 2.24) is 14.5 Å². The molecule has 96 valence electrons. The quantitative estimate of drug-likeness (QED) is 0.806. The number of aromatic amines is 1. The third-order valence-electron chi connectivity index (χ3n) is 3.71. The van der Waals surface area contributed by atoms with Crippen molar-refractivity contribution >= 4 is 12.2 Å². The Hall–Kier alpha value is -0.650. The van der Waals surface area contributed by atoms with E-state index >= 15 is 0 Å². The highest BCUT2D eigenvalue weighted by atomic mass is 32.1. The fraction of sp³-hybridized carbons (Fsp3) is 0.750. The highest BCUT2D eigenvalue weighted by Gasteiger charge is 2.19. The lowest BCUT2D eigenvalue weighted by Gasteiger charge is -2.31. The van der Waals surface area contributed by atoms with Crippen molar-refractivity contribution in [3.63, 3.8) is 0 Å². The summed E-state index contributed by atoms with van der Waals surface area (Å²) in [6.45, 7) is 6.74. The fourth-order valence-corrected chi connectivity index (χ4v) is 2.76. The van der Waals surface area contributed by atoms with Crippen molar-refractivity contribution < 1.29 is 5.11 Å². The van der Waals surface area contributed by atoms with E-state index in [0.29, 0.717) is 5.92 Å². The van der Waals surface area contributed by atoms with Crippen LogP contribution in [-0.4, -0.2) is 39.2 Å². The predicted molar refractivity (Wildman–Crippen MR) is 70.4 cm³/mol. The minimum atomic E-state index is 0.0565. The first kappa shape index (κ1) is 12.8. The Morgan fingerprint density at radius 2 is 2.18 bits per heavy atom. The van der Waals surface area contributed by atoms with Crippen molar-refractivity contribution in [3.05, 3.63) is 16.7 Å². The van der Waals surface area contributed by atoms with Gasteiger partial charge in [0.25, 0.3) is 0 Å². The number of nitrogens with one attached hydrogen (secondary N) is 1. The van der Waals surface area contributed by atoms with Crippen LogP contribution in [0, 0.1) is 10.7 Å². The van der Waals surface area contributed by atoms with Crippen LogP contribution >= 0.6 is 12.2 Å². The van der Waals surface area contributed by atoms with Gasteiger partial charge in [-0.15, -0.1) is 0 Å². The highest BCUT2D eigenvalue weighted by molar-refractivity contribution is 7.71. The number of aliphatic hydroxyl groups excluding tert-OH is 1. The van der Waals surface area contributed by atoms with Crippen molar-refractivity contribution in [3.8, 4) is 0 Å². The maximum Gasteiger partial charge on any atom is 0.177 e. The van der Waals surface area contributed by atoms with Gasteiger partial charge in [0.2, 0.25) is 0 Å². The first-order chi connectivity index (χ1) is 8.24. The summed E-state index contributed by atoms with van der Waals surface area (Å²) in [5, 5.41) is 9.25. The maximum absolute atomic E-state index is 9.25. The summed E-state index contributed by atoms with van der Waals surface area (Å²) in [7, 11) is 0. The Kier molecular flexibility index (Phi) is 4.36. The van der Waals surface area contributed by atoms with E-state index < -0.39 is 0 Å². The van der Waals surface area contributed by atoms with Gasteiger partial charge >= 0.3 is 0 Å². The third kappa shape index (κ3) is 2.97. The number of imidazole rings is 1. The molecular formula is C12H21N3OS. The van der Waals surface area contributed by atoms with Gasteiger partial charge in [0.05, 0.1) is 12.3 Å². The van der Waals surface area contributed by atoms with Gasteiger partial charge in [-0.2, -0.15) is 0 Å². The van der Waals surface area contributed by atoms with Crippen molar-refractivity contribution in [2.75, 3.05) is 19.6 Å². The second-order valence-corrected chi connectivity index (χ2v) is 5.12. The molecule has 0 unspecified atom stereocenters. The molecule has 0 aliphatic carbocycles. The number of aromatic nitrogens is 2. The minimum Gasteiger partial charge on any atom is -0.390 e. The molecule has 4 nitrogen and oxygen atoms in total. The molecule has 0 spiro atoms. The molecule has 0 atom stereocenters.